The third kappa shape index (κ3) is 1.90. The van der Waals surface area contributed by atoms with Gasteiger partial charge in [-0.1, -0.05) is 13.8 Å². The second kappa shape index (κ2) is 4.30. The fourth-order valence-corrected chi connectivity index (χ4v) is 5.59. The van der Waals surface area contributed by atoms with Crippen LogP contribution in [0, 0.1) is 52.8 Å². The van der Waals surface area contributed by atoms with Gasteiger partial charge < -0.3 is 0 Å². The molecule has 0 N–H and O–H groups in total. The van der Waals surface area contributed by atoms with Crippen LogP contribution in [0.3, 0.4) is 0 Å². The highest BCUT2D eigenvalue weighted by Crippen LogP contribution is 2.59. The van der Waals surface area contributed by atoms with E-state index in [0.29, 0.717) is 11.8 Å². The molecule has 1 unspecified atom stereocenters. The fourth-order valence-electron chi connectivity index (χ4n) is 5.59. The Morgan fingerprint density at radius 1 is 1.00 bits per heavy atom. The summed E-state index contributed by atoms with van der Waals surface area (Å²) in [6, 6.07) is 2.46. The molecule has 0 saturated heterocycles. The minimum atomic E-state index is 0.676. The monoisotopic (exact) mass is 231 g/mol. The van der Waals surface area contributed by atoms with Crippen molar-refractivity contribution in [3.05, 3.63) is 0 Å². The van der Waals surface area contributed by atoms with E-state index in [4.69, 9.17) is 5.26 Å². The van der Waals surface area contributed by atoms with E-state index < -0.39 is 0 Å². The van der Waals surface area contributed by atoms with E-state index in [1.807, 2.05) is 0 Å². The van der Waals surface area contributed by atoms with E-state index in [9.17, 15) is 0 Å². The molecule has 0 aromatic carbocycles. The van der Waals surface area contributed by atoms with Crippen molar-refractivity contribution < 1.29 is 0 Å². The Labute approximate surface area is 106 Å². The minimum Gasteiger partial charge on any atom is -0.198 e. The summed E-state index contributed by atoms with van der Waals surface area (Å²) in [5.41, 5.74) is 0. The highest BCUT2D eigenvalue weighted by Gasteiger charge is 2.50. The number of hydrogen-bond donors (Lipinski definition) is 0. The SMILES string of the molecule is CC(C)C(CC#N)C1C2CC3CC(C2)CC1C3. The number of nitriles is 1. The van der Waals surface area contributed by atoms with Crippen molar-refractivity contribution in [1.82, 2.24) is 0 Å². The molecule has 0 amide bonds. The van der Waals surface area contributed by atoms with Crippen LogP contribution >= 0.6 is 0 Å². The molecule has 0 aromatic rings. The zero-order valence-corrected chi connectivity index (χ0v) is 11.2. The van der Waals surface area contributed by atoms with Crippen molar-refractivity contribution in [2.45, 2.75) is 52.4 Å². The van der Waals surface area contributed by atoms with Gasteiger partial charge in [-0.3, -0.25) is 0 Å². The lowest BCUT2D eigenvalue weighted by atomic mass is 9.48. The quantitative estimate of drug-likeness (QED) is 0.712. The maximum atomic E-state index is 9.09. The molecular formula is C16H25N. The standard InChI is InChI=1S/C16H25N/c1-10(2)15(3-4-17)16-13-6-11-5-12(8-13)9-14(16)7-11/h10-16H,3,5-9H2,1-2H3. The van der Waals surface area contributed by atoms with E-state index in [0.717, 1.165) is 36.0 Å². The molecule has 4 aliphatic rings. The summed E-state index contributed by atoms with van der Waals surface area (Å²) in [4.78, 5) is 0. The minimum absolute atomic E-state index is 0.676. The van der Waals surface area contributed by atoms with Gasteiger partial charge >= 0.3 is 0 Å². The summed E-state index contributed by atoms with van der Waals surface area (Å²) in [7, 11) is 0. The molecule has 0 spiro atoms. The smallest absolute Gasteiger partial charge is 0.0624 e. The first kappa shape index (κ1) is 11.6. The predicted molar refractivity (Wildman–Crippen MR) is 69.1 cm³/mol. The average Bonchev–Trinajstić information content (AvgIpc) is 2.26. The Morgan fingerprint density at radius 3 is 1.94 bits per heavy atom. The van der Waals surface area contributed by atoms with E-state index in [1.54, 1.807) is 0 Å². The van der Waals surface area contributed by atoms with Gasteiger partial charge in [0.15, 0.2) is 0 Å². The first-order chi connectivity index (χ1) is 8.19. The lowest BCUT2D eigenvalue weighted by Gasteiger charge is -2.57. The van der Waals surface area contributed by atoms with Crippen LogP contribution in [0.25, 0.3) is 0 Å². The Balaban J connectivity index is 1.80. The molecule has 4 aliphatic carbocycles. The average molecular weight is 231 g/mol. The normalized spacial score (nSPS) is 44.9. The molecule has 4 fully saturated rings. The molecule has 0 aliphatic heterocycles. The molecule has 1 nitrogen and oxygen atoms in total. The zero-order valence-electron chi connectivity index (χ0n) is 11.2. The highest BCUT2D eigenvalue weighted by molar-refractivity contribution is 5.01. The van der Waals surface area contributed by atoms with Gasteiger partial charge in [-0.2, -0.15) is 5.26 Å². The van der Waals surface area contributed by atoms with Gasteiger partial charge in [0.1, 0.15) is 0 Å². The summed E-state index contributed by atoms with van der Waals surface area (Å²) >= 11 is 0. The molecule has 0 aromatic heterocycles. The van der Waals surface area contributed by atoms with Crippen LogP contribution < -0.4 is 0 Å². The molecule has 0 heterocycles. The van der Waals surface area contributed by atoms with Crippen LogP contribution in [0.5, 0.6) is 0 Å². The summed E-state index contributed by atoms with van der Waals surface area (Å²) in [5, 5.41) is 9.09. The van der Waals surface area contributed by atoms with E-state index >= 15 is 0 Å². The first-order valence-corrected chi connectivity index (χ1v) is 7.56. The zero-order chi connectivity index (χ0) is 12.0. The lowest BCUT2D eigenvalue weighted by Crippen LogP contribution is -2.48. The topological polar surface area (TPSA) is 23.8 Å². The van der Waals surface area contributed by atoms with Gasteiger partial charge in [0.2, 0.25) is 0 Å². The van der Waals surface area contributed by atoms with Crippen LogP contribution in [0.1, 0.15) is 52.4 Å². The molecule has 17 heavy (non-hydrogen) atoms. The first-order valence-electron chi connectivity index (χ1n) is 7.56. The predicted octanol–water partition coefficient (Wildman–Crippen LogP) is 4.24. The van der Waals surface area contributed by atoms with Crippen molar-refractivity contribution in [2.75, 3.05) is 0 Å². The van der Waals surface area contributed by atoms with Crippen molar-refractivity contribution in [3.8, 4) is 6.07 Å². The molecule has 94 valence electrons. The summed E-state index contributed by atoms with van der Waals surface area (Å²) < 4.78 is 0. The molecule has 0 radical (unpaired) electrons. The van der Waals surface area contributed by atoms with Gasteiger partial charge in [-0.15, -0.1) is 0 Å². The Morgan fingerprint density at radius 2 is 1.53 bits per heavy atom. The molecule has 4 rings (SSSR count). The van der Waals surface area contributed by atoms with Crippen molar-refractivity contribution in [1.29, 1.82) is 5.26 Å². The molecule has 4 saturated carbocycles. The third-order valence-corrected chi connectivity index (χ3v) is 5.98. The van der Waals surface area contributed by atoms with E-state index in [-0.39, 0.29) is 0 Å². The van der Waals surface area contributed by atoms with Crippen LogP contribution in [-0.4, -0.2) is 0 Å². The van der Waals surface area contributed by atoms with E-state index in [2.05, 4.69) is 19.9 Å². The number of rotatable bonds is 3. The summed E-state index contributed by atoms with van der Waals surface area (Å²) in [6.07, 6.45) is 8.30. The van der Waals surface area contributed by atoms with Gasteiger partial charge in [0, 0.05) is 6.42 Å². The van der Waals surface area contributed by atoms with Crippen LogP contribution in [0.15, 0.2) is 0 Å². The molecule has 1 heteroatoms. The maximum absolute atomic E-state index is 9.09. The van der Waals surface area contributed by atoms with Gasteiger partial charge in [0.05, 0.1) is 6.07 Å². The van der Waals surface area contributed by atoms with Crippen molar-refractivity contribution in [2.24, 2.45) is 41.4 Å². The third-order valence-electron chi connectivity index (χ3n) is 5.98. The van der Waals surface area contributed by atoms with Crippen LogP contribution in [0.4, 0.5) is 0 Å². The van der Waals surface area contributed by atoms with Crippen molar-refractivity contribution in [3.63, 3.8) is 0 Å². The summed E-state index contributed by atoms with van der Waals surface area (Å²) in [6.45, 7) is 4.65. The number of hydrogen-bond acceptors (Lipinski definition) is 1. The summed E-state index contributed by atoms with van der Waals surface area (Å²) in [5.74, 6) is 6.33. The largest absolute Gasteiger partial charge is 0.198 e. The molecule has 1 atom stereocenters. The Bertz CT molecular complexity index is 297. The second-order valence-corrected chi connectivity index (χ2v) is 7.28. The van der Waals surface area contributed by atoms with E-state index in [1.165, 1.54) is 32.1 Å². The Hall–Kier alpha value is -0.510. The van der Waals surface area contributed by atoms with Crippen molar-refractivity contribution >= 4 is 0 Å². The van der Waals surface area contributed by atoms with Gasteiger partial charge in [-0.25, -0.2) is 0 Å². The maximum Gasteiger partial charge on any atom is 0.0624 e. The highest BCUT2D eigenvalue weighted by atomic mass is 14.6. The van der Waals surface area contributed by atoms with Gasteiger partial charge in [0.25, 0.3) is 0 Å². The Kier molecular flexibility index (Phi) is 2.93. The molecular weight excluding hydrogens is 206 g/mol. The van der Waals surface area contributed by atoms with Crippen LogP contribution in [-0.2, 0) is 0 Å². The molecule has 4 bridgehead atoms. The van der Waals surface area contributed by atoms with Crippen LogP contribution in [0.2, 0.25) is 0 Å². The second-order valence-electron chi connectivity index (χ2n) is 7.28. The lowest BCUT2D eigenvalue weighted by molar-refractivity contribution is -0.0692. The van der Waals surface area contributed by atoms with Gasteiger partial charge in [-0.05, 0) is 73.5 Å². The fraction of sp³-hybridized carbons (Fsp3) is 0.938. The number of nitrogens with zero attached hydrogens (tertiary/aromatic N) is 1.